The van der Waals surface area contributed by atoms with Gasteiger partial charge in [0.1, 0.15) is 11.5 Å². The van der Waals surface area contributed by atoms with Gasteiger partial charge in [-0.05, 0) is 0 Å². The molecule has 0 aromatic carbocycles. The van der Waals surface area contributed by atoms with Gasteiger partial charge in [0.15, 0.2) is 0 Å². The van der Waals surface area contributed by atoms with Crippen molar-refractivity contribution in [1.82, 2.24) is 10.6 Å². The lowest BCUT2D eigenvalue weighted by Crippen LogP contribution is -2.30. The number of carbonyl (C=O) groups excluding carboxylic acids is 3. The van der Waals surface area contributed by atoms with Crippen molar-refractivity contribution in [3.8, 4) is 0 Å². The van der Waals surface area contributed by atoms with Crippen LogP contribution in [-0.4, -0.2) is 83.8 Å². The zero-order valence-electron chi connectivity index (χ0n) is 20.1. The molecule has 0 aliphatic carbocycles. The summed E-state index contributed by atoms with van der Waals surface area (Å²) in [5, 5.41) is 5.80. The van der Waals surface area contributed by atoms with Gasteiger partial charge < -0.3 is 29.6 Å². The molecule has 0 aliphatic heterocycles. The van der Waals surface area contributed by atoms with Crippen molar-refractivity contribution in [1.29, 1.82) is 0 Å². The number of allylic oxidation sites excluding steroid dienone is 1. The van der Waals surface area contributed by atoms with E-state index >= 15 is 0 Å². The number of rotatable bonds is 20. The van der Waals surface area contributed by atoms with Crippen LogP contribution < -0.4 is 10.6 Å². The Labute approximate surface area is 187 Å². The van der Waals surface area contributed by atoms with Crippen molar-refractivity contribution in [3.05, 3.63) is 11.9 Å². The monoisotopic (exact) mass is 446 g/mol. The third-order valence-corrected chi connectivity index (χ3v) is 3.70. The van der Waals surface area contributed by atoms with E-state index in [2.05, 4.69) is 10.6 Å². The molecule has 182 valence electrons. The van der Waals surface area contributed by atoms with E-state index in [1.807, 2.05) is 27.7 Å². The average molecular weight is 447 g/mol. The summed E-state index contributed by atoms with van der Waals surface area (Å²) in [5.41, 5.74) is 0.202. The van der Waals surface area contributed by atoms with Gasteiger partial charge in [0.25, 0.3) is 0 Å². The largest absolute Gasteiger partial charge is 0.387 e. The van der Waals surface area contributed by atoms with Crippen molar-refractivity contribution in [2.75, 3.05) is 66.4 Å². The first-order valence-electron chi connectivity index (χ1n) is 10.9. The van der Waals surface area contributed by atoms with Gasteiger partial charge in [0, 0.05) is 45.7 Å². The first-order chi connectivity index (χ1) is 14.9. The Kier molecular flexibility index (Phi) is 23.1. The van der Waals surface area contributed by atoms with Crippen molar-refractivity contribution in [3.63, 3.8) is 0 Å². The van der Waals surface area contributed by atoms with E-state index in [0.29, 0.717) is 65.8 Å². The second kappa shape index (κ2) is 22.9. The van der Waals surface area contributed by atoms with Crippen molar-refractivity contribution in [2.45, 2.75) is 41.0 Å². The number of ketones is 3. The minimum atomic E-state index is -0.585. The van der Waals surface area contributed by atoms with Crippen LogP contribution in [0.5, 0.6) is 0 Å². The fourth-order valence-electron chi connectivity index (χ4n) is 1.98. The fourth-order valence-corrected chi connectivity index (χ4v) is 1.98. The Morgan fingerprint density at radius 1 is 0.839 bits per heavy atom. The highest BCUT2D eigenvalue weighted by atomic mass is 16.5. The lowest BCUT2D eigenvalue weighted by Gasteiger charge is -2.10. The number of nitrogens with one attached hydrogen (secondary N) is 2. The normalized spacial score (nSPS) is 11.0. The predicted octanol–water partition coefficient (Wildman–Crippen LogP) is 1.50. The molecule has 0 rings (SSSR count). The van der Waals surface area contributed by atoms with Gasteiger partial charge in [-0.3, -0.25) is 14.4 Å². The highest BCUT2D eigenvalue weighted by molar-refractivity contribution is 6.42. The molecule has 2 N–H and O–H groups in total. The third-order valence-electron chi connectivity index (χ3n) is 3.70. The molecule has 9 heteroatoms. The number of methoxy groups -OCH3 is 1. The van der Waals surface area contributed by atoms with E-state index in [-0.39, 0.29) is 17.4 Å². The highest BCUT2D eigenvalue weighted by Crippen LogP contribution is 1.98. The average Bonchev–Trinajstić information content (AvgIpc) is 2.76. The van der Waals surface area contributed by atoms with Crippen LogP contribution in [0.15, 0.2) is 11.9 Å². The van der Waals surface area contributed by atoms with Crippen molar-refractivity contribution < 1.29 is 33.3 Å². The number of Topliss-reactive ketones (excluding diaryl/α,β-unsaturated/α-hetero) is 3. The summed E-state index contributed by atoms with van der Waals surface area (Å²) in [6, 6.07) is 0. The third kappa shape index (κ3) is 19.9. The van der Waals surface area contributed by atoms with Gasteiger partial charge in [0.05, 0.1) is 46.2 Å². The molecule has 9 nitrogen and oxygen atoms in total. The summed E-state index contributed by atoms with van der Waals surface area (Å²) in [4.78, 5) is 34.4. The topological polar surface area (TPSA) is 112 Å². The number of ether oxygens (including phenoxy) is 4. The zero-order valence-corrected chi connectivity index (χ0v) is 20.1. The van der Waals surface area contributed by atoms with Gasteiger partial charge in [-0.1, -0.05) is 27.7 Å². The molecule has 0 fully saturated rings. The minimum Gasteiger partial charge on any atom is -0.387 e. The molecule has 0 spiro atoms. The maximum absolute atomic E-state index is 11.8. The van der Waals surface area contributed by atoms with E-state index in [0.717, 1.165) is 0 Å². The molecular formula is C22H42N2O7. The van der Waals surface area contributed by atoms with E-state index in [9.17, 15) is 14.4 Å². The molecule has 0 amide bonds. The molecule has 0 unspecified atom stereocenters. The van der Waals surface area contributed by atoms with Gasteiger partial charge >= 0.3 is 0 Å². The lowest BCUT2D eigenvalue weighted by atomic mass is 10.1. The number of hydrogen-bond acceptors (Lipinski definition) is 9. The molecule has 0 bridgehead atoms. The molecule has 0 radical (unpaired) electrons. The molecule has 0 aromatic heterocycles. The Hall–Kier alpha value is -1.81. The summed E-state index contributed by atoms with van der Waals surface area (Å²) in [5.74, 6) is -0.873. The lowest BCUT2D eigenvalue weighted by molar-refractivity contribution is -0.133. The van der Waals surface area contributed by atoms with Gasteiger partial charge in [-0.25, -0.2) is 0 Å². The number of hydrogen-bond donors (Lipinski definition) is 2. The van der Waals surface area contributed by atoms with Crippen LogP contribution in [0.4, 0.5) is 0 Å². The Morgan fingerprint density at radius 3 is 1.90 bits per heavy atom. The summed E-state index contributed by atoms with van der Waals surface area (Å²) >= 11 is 0. The van der Waals surface area contributed by atoms with E-state index < -0.39 is 11.6 Å². The van der Waals surface area contributed by atoms with Gasteiger partial charge in [-0.15, -0.1) is 0 Å². The molecule has 0 saturated carbocycles. The van der Waals surface area contributed by atoms with Crippen LogP contribution in [0.3, 0.4) is 0 Å². The minimum absolute atomic E-state index is 0.0464. The molecule has 0 saturated heterocycles. The Balaban J connectivity index is 0. The summed E-state index contributed by atoms with van der Waals surface area (Å²) in [6.45, 7) is 12.9. The molecule has 0 heterocycles. The van der Waals surface area contributed by atoms with Crippen LogP contribution in [-0.2, 0) is 33.3 Å². The van der Waals surface area contributed by atoms with Crippen LogP contribution in [0, 0.1) is 5.92 Å². The summed E-state index contributed by atoms with van der Waals surface area (Å²) in [6.07, 6.45) is 1.91. The second-order valence-electron chi connectivity index (χ2n) is 6.53. The Bertz CT molecular complexity index is 508. The summed E-state index contributed by atoms with van der Waals surface area (Å²) < 4.78 is 21.0. The van der Waals surface area contributed by atoms with Gasteiger partial charge in [-0.2, -0.15) is 0 Å². The summed E-state index contributed by atoms with van der Waals surface area (Å²) in [7, 11) is 1.56. The van der Waals surface area contributed by atoms with Crippen molar-refractivity contribution >= 4 is 17.3 Å². The standard InChI is InChI=1S/C20H36N2O7.C2H6/c1-16(2)19(24)5-8-27-11-13-29-14-12-28-10-6-21-15-18(20(25)17(3)23)22-7-9-26-4;1-2/h15-16,21-22H,5-14H2,1-4H3;1-2H3/b18-15-;. The molecule has 0 aliphatic rings. The molecular weight excluding hydrogens is 404 g/mol. The maximum atomic E-state index is 11.8. The van der Waals surface area contributed by atoms with Crippen LogP contribution in [0.25, 0.3) is 0 Å². The van der Waals surface area contributed by atoms with Gasteiger partial charge in [0.2, 0.25) is 11.6 Å². The first-order valence-corrected chi connectivity index (χ1v) is 10.9. The smallest absolute Gasteiger partial charge is 0.245 e. The van der Waals surface area contributed by atoms with Crippen LogP contribution >= 0.6 is 0 Å². The predicted molar refractivity (Wildman–Crippen MR) is 120 cm³/mol. The quantitative estimate of drug-likeness (QED) is 0.163. The van der Waals surface area contributed by atoms with E-state index in [4.69, 9.17) is 18.9 Å². The van der Waals surface area contributed by atoms with Crippen LogP contribution in [0.2, 0.25) is 0 Å². The Morgan fingerprint density at radius 2 is 1.39 bits per heavy atom. The highest BCUT2D eigenvalue weighted by Gasteiger charge is 2.13. The zero-order chi connectivity index (χ0) is 23.9. The first kappa shape index (κ1) is 31.4. The molecule has 0 aromatic rings. The SMILES string of the molecule is CC.COCCN/C(=C\NCCOCCOCCOCCC(=O)C(C)C)C(=O)C(C)=O. The maximum Gasteiger partial charge on any atom is 0.245 e. The molecule has 0 atom stereocenters. The second-order valence-corrected chi connectivity index (χ2v) is 6.53. The number of carbonyl (C=O) groups is 3. The molecule has 31 heavy (non-hydrogen) atoms. The van der Waals surface area contributed by atoms with Crippen molar-refractivity contribution in [2.24, 2.45) is 5.92 Å². The van der Waals surface area contributed by atoms with E-state index in [1.165, 1.54) is 13.1 Å². The van der Waals surface area contributed by atoms with E-state index in [1.54, 1.807) is 7.11 Å². The fraction of sp³-hybridized carbons (Fsp3) is 0.773. The van der Waals surface area contributed by atoms with Crippen LogP contribution in [0.1, 0.15) is 41.0 Å².